The first-order chi connectivity index (χ1) is 8.49. The molecule has 0 radical (unpaired) electrons. The lowest BCUT2D eigenvalue weighted by Crippen LogP contribution is -2.45. The van der Waals surface area contributed by atoms with Crippen LogP contribution in [0.25, 0.3) is 0 Å². The minimum atomic E-state index is -0.551. The van der Waals surface area contributed by atoms with Crippen molar-refractivity contribution in [3.63, 3.8) is 0 Å². The number of rotatable bonds is 5. The van der Waals surface area contributed by atoms with E-state index in [9.17, 15) is 14.4 Å². The van der Waals surface area contributed by atoms with Crippen molar-refractivity contribution in [3.8, 4) is 0 Å². The van der Waals surface area contributed by atoms with Crippen LogP contribution in [0.3, 0.4) is 0 Å². The molecule has 1 saturated carbocycles. The van der Waals surface area contributed by atoms with Crippen LogP contribution in [0.2, 0.25) is 0 Å². The number of likely N-dealkylation sites (tertiary alicyclic amines) is 1. The topological polar surface area (TPSA) is 78.5 Å². The number of nitrogens with one attached hydrogen (secondary N) is 2. The normalized spacial score (nSPS) is 23.9. The molecule has 2 fully saturated rings. The van der Waals surface area contributed by atoms with E-state index in [0.717, 1.165) is 12.8 Å². The number of imide groups is 1. The molecule has 100 valence electrons. The average molecular weight is 253 g/mol. The van der Waals surface area contributed by atoms with Gasteiger partial charge in [-0.25, -0.2) is 0 Å². The summed E-state index contributed by atoms with van der Waals surface area (Å²) in [5.41, 5.74) is 0. The van der Waals surface area contributed by atoms with Crippen molar-refractivity contribution in [3.05, 3.63) is 0 Å². The molecule has 0 aromatic heterocycles. The Hall–Kier alpha value is -1.43. The maximum absolute atomic E-state index is 11.9. The predicted molar refractivity (Wildman–Crippen MR) is 64.6 cm³/mol. The van der Waals surface area contributed by atoms with Crippen molar-refractivity contribution in [1.29, 1.82) is 0 Å². The number of carbonyl (C=O) groups excluding carboxylic acids is 3. The molecule has 18 heavy (non-hydrogen) atoms. The smallest absolute Gasteiger partial charge is 0.247 e. The van der Waals surface area contributed by atoms with Gasteiger partial charge in [0.05, 0.1) is 19.0 Å². The second-order valence-corrected chi connectivity index (χ2v) is 5.18. The van der Waals surface area contributed by atoms with E-state index in [1.165, 1.54) is 4.90 Å². The molecule has 0 aromatic carbocycles. The molecular weight excluding hydrogens is 234 g/mol. The number of hydrogen-bond donors (Lipinski definition) is 2. The minimum Gasteiger partial charge on any atom is -0.352 e. The van der Waals surface area contributed by atoms with Gasteiger partial charge in [0.15, 0.2) is 0 Å². The lowest BCUT2D eigenvalue weighted by atomic mass is 10.2. The fraction of sp³-hybridized carbons (Fsp3) is 0.750. The Morgan fingerprint density at radius 1 is 1.39 bits per heavy atom. The zero-order valence-corrected chi connectivity index (χ0v) is 10.7. The first-order valence-electron chi connectivity index (χ1n) is 6.37. The van der Waals surface area contributed by atoms with Crippen molar-refractivity contribution in [1.82, 2.24) is 15.5 Å². The van der Waals surface area contributed by atoms with Crippen LogP contribution in [-0.4, -0.2) is 47.3 Å². The van der Waals surface area contributed by atoms with Gasteiger partial charge in [-0.05, 0) is 26.7 Å². The van der Waals surface area contributed by atoms with Gasteiger partial charge >= 0.3 is 0 Å². The van der Waals surface area contributed by atoms with Crippen LogP contribution in [-0.2, 0) is 14.4 Å². The fourth-order valence-electron chi connectivity index (χ4n) is 2.08. The zero-order chi connectivity index (χ0) is 13.3. The Morgan fingerprint density at radius 3 is 2.56 bits per heavy atom. The van der Waals surface area contributed by atoms with Gasteiger partial charge in [0, 0.05) is 12.1 Å². The summed E-state index contributed by atoms with van der Waals surface area (Å²) in [5, 5.41) is 5.68. The van der Waals surface area contributed by atoms with Gasteiger partial charge < -0.3 is 5.32 Å². The quantitative estimate of drug-likeness (QED) is 0.641. The third-order valence-corrected chi connectivity index (χ3v) is 3.15. The Kier molecular flexibility index (Phi) is 3.65. The van der Waals surface area contributed by atoms with Crippen LogP contribution in [0, 0.1) is 0 Å². The van der Waals surface area contributed by atoms with Crippen LogP contribution >= 0.6 is 0 Å². The minimum absolute atomic E-state index is 0.0894. The van der Waals surface area contributed by atoms with E-state index < -0.39 is 6.04 Å². The van der Waals surface area contributed by atoms with E-state index in [4.69, 9.17) is 0 Å². The predicted octanol–water partition coefficient (Wildman–Crippen LogP) is -0.609. The van der Waals surface area contributed by atoms with Gasteiger partial charge in [-0.1, -0.05) is 0 Å². The Balaban J connectivity index is 1.81. The SMILES string of the molecule is CC(C)N1C(=O)CC(NCC(=O)NC2CC2)C1=O. The summed E-state index contributed by atoms with van der Waals surface area (Å²) >= 11 is 0. The molecule has 2 aliphatic rings. The van der Waals surface area contributed by atoms with Gasteiger partial charge in [-0.2, -0.15) is 0 Å². The van der Waals surface area contributed by atoms with E-state index in [0.29, 0.717) is 6.04 Å². The molecular formula is C12H19N3O3. The number of hydrogen-bond acceptors (Lipinski definition) is 4. The Bertz CT molecular complexity index is 377. The highest BCUT2D eigenvalue weighted by Crippen LogP contribution is 2.18. The molecule has 1 atom stereocenters. The highest BCUT2D eigenvalue weighted by Gasteiger charge is 2.39. The maximum Gasteiger partial charge on any atom is 0.247 e. The monoisotopic (exact) mass is 253 g/mol. The third-order valence-electron chi connectivity index (χ3n) is 3.15. The number of carbonyl (C=O) groups is 3. The molecule has 0 spiro atoms. The second-order valence-electron chi connectivity index (χ2n) is 5.18. The average Bonchev–Trinajstić information content (AvgIpc) is 3.02. The van der Waals surface area contributed by atoms with Crippen LogP contribution in [0.15, 0.2) is 0 Å². The summed E-state index contributed by atoms with van der Waals surface area (Å²) in [6.07, 6.45) is 2.22. The molecule has 2 rings (SSSR count). The van der Waals surface area contributed by atoms with Gasteiger partial charge in [-0.15, -0.1) is 0 Å². The third kappa shape index (κ3) is 2.87. The Morgan fingerprint density at radius 2 is 2.06 bits per heavy atom. The highest BCUT2D eigenvalue weighted by atomic mass is 16.2. The second kappa shape index (κ2) is 5.06. The van der Waals surface area contributed by atoms with E-state index in [1.807, 2.05) is 0 Å². The largest absolute Gasteiger partial charge is 0.352 e. The molecule has 1 aliphatic carbocycles. The van der Waals surface area contributed by atoms with Gasteiger partial charge in [0.1, 0.15) is 0 Å². The van der Waals surface area contributed by atoms with Gasteiger partial charge in [-0.3, -0.25) is 24.6 Å². The summed E-state index contributed by atoms with van der Waals surface area (Å²) < 4.78 is 0. The van der Waals surface area contributed by atoms with Crippen LogP contribution in [0.5, 0.6) is 0 Å². The molecule has 2 N–H and O–H groups in total. The Labute approximate surface area is 106 Å². The molecule has 0 aromatic rings. The van der Waals surface area contributed by atoms with Crippen LogP contribution < -0.4 is 10.6 Å². The van der Waals surface area contributed by atoms with Crippen molar-refractivity contribution in [2.45, 2.75) is 51.2 Å². The molecule has 0 bridgehead atoms. The maximum atomic E-state index is 11.9. The van der Waals surface area contributed by atoms with Crippen molar-refractivity contribution < 1.29 is 14.4 Å². The molecule has 1 unspecified atom stereocenters. The van der Waals surface area contributed by atoms with Crippen LogP contribution in [0.1, 0.15) is 33.1 Å². The van der Waals surface area contributed by atoms with E-state index in [2.05, 4.69) is 10.6 Å². The molecule has 1 saturated heterocycles. The lowest BCUT2D eigenvalue weighted by molar-refractivity contribution is -0.140. The summed E-state index contributed by atoms with van der Waals surface area (Å²) in [6.45, 7) is 3.70. The number of nitrogens with zero attached hydrogens (tertiary/aromatic N) is 1. The molecule has 1 heterocycles. The summed E-state index contributed by atoms with van der Waals surface area (Å²) in [5.74, 6) is -0.509. The summed E-state index contributed by atoms with van der Waals surface area (Å²) in [6, 6.07) is -0.366. The summed E-state index contributed by atoms with van der Waals surface area (Å²) in [4.78, 5) is 36.3. The molecule has 6 nitrogen and oxygen atoms in total. The molecule has 3 amide bonds. The first-order valence-corrected chi connectivity index (χ1v) is 6.37. The number of amides is 3. The van der Waals surface area contributed by atoms with Gasteiger partial charge in [0.2, 0.25) is 17.7 Å². The highest BCUT2D eigenvalue weighted by molar-refractivity contribution is 6.06. The van der Waals surface area contributed by atoms with E-state index in [-0.39, 0.29) is 36.7 Å². The lowest BCUT2D eigenvalue weighted by Gasteiger charge is -2.19. The molecule has 1 aliphatic heterocycles. The van der Waals surface area contributed by atoms with E-state index in [1.54, 1.807) is 13.8 Å². The molecule has 6 heteroatoms. The van der Waals surface area contributed by atoms with E-state index >= 15 is 0 Å². The van der Waals surface area contributed by atoms with Crippen molar-refractivity contribution >= 4 is 17.7 Å². The zero-order valence-electron chi connectivity index (χ0n) is 10.7. The summed E-state index contributed by atoms with van der Waals surface area (Å²) in [7, 11) is 0. The standard InChI is InChI=1S/C12H19N3O3/c1-7(2)15-11(17)5-9(12(15)18)13-6-10(16)14-8-3-4-8/h7-9,13H,3-6H2,1-2H3,(H,14,16). The van der Waals surface area contributed by atoms with Gasteiger partial charge in [0.25, 0.3) is 0 Å². The van der Waals surface area contributed by atoms with Crippen LogP contribution in [0.4, 0.5) is 0 Å². The first kappa shape index (κ1) is 13.0. The fourth-order valence-corrected chi connectivity index (χ4v) is 2.08. The van der Waals surface area contributed by atoms with Crippen molar-refractivity contribution in [2.24, 2.45) is 0 Å². The van der Waals surface area contributed by atoms with Crippen molar-refractivity contribution in [2.75, 3.05) is 6.54 Å².